The van der Waals surface area contributed by atoms with Crippen molar-refractivity contribution in [1.82, 2.24) is 29.2 Å². The molecule has 0 aromatic carbocycles. The minimum absolute atomic E-state index is 0.123. The number of hydrogen-bond acceptors (Lipinski definition) is 5. The number of carbonyl (C=O) groups excluding carboxylic acids is 1. The van der Waals surface area contributed by atoms with Crippen LogP contribution in [0.1, 0.15) is 49.7 Å². The molecule has 3 heterocycles. The van der Waals surface area contributed by atoms with Crippen LogP contribution in [0.25, 0.3) is 0 Å². The summed E-state index contributed by atoms with van der Waals surface area (Å²) in [6.45, 7) is 8.64. The molecule has 2 aromatic rings. The number of rotatable bonds is 6. The van der Waals surface area contributed by atoms with Crippen molar-refractivity contribution in [3.8, 4) is 0 Å². The first-order valence-electron chi connectivity index (χ1n) is 9.98. The van der Waals surface area contributed by atoms with Crippen LogP contribution in [-0.2, 0) is 28.4 Å². The molecule has 1 aliphatic heterocycles. The molecule has 29 heavy (non-hydrogen) atoms. The first-order chi connectivity index (χ1) is 13.6. The molecule has 0 radical (unpaired) electrons. The maximum atomic E-state index is 13.1. The fourth-order valence-corrected chi connectivity index (χ4v) is 5.57. The van der Waals surface area contributed by atoms with Gasteiger partial charge >= 0.3 is 0 Å². The van der Waals surface area contributed by atoms with Crippen LogP contribution in [0.5, 0.6) is 0 Å². The summed E-state index contributed by atoms with van der Waals surface area (Å²) in [4.78, 5) is 13.1. The van der Waals surface area contributed by atoms with Crippen LogP contribution in [0.3, 0.4) is 0 Å². The van der Waals surface area contributed by atoms with E-state index in [1.54, 1.807) is 22.5 Å². The Hall–Kier alpha value is -2.20. The second kappa shape index (κ2) is 8.27. The smallest absolute Gasteiger partial charge is 0.246 e. The number of amides is 1. The number of piperidine rings is 1. The van der Waals surface area contributed by atoms with Crippen molar-refractivity contribution in [3.05, 3.63) is 29.3 Å². The van der Waals surface area contributed by atoms with E-state index in [1.165, 1.54) is 4.31 Å². The second-order valence-electron chi connectivity index (χ2n) is 7.71. The Balaban J connectivity index is 1.72. The van der Waals surface area contributed by atoms with E-state index in [1.807, 2.05) is 34.0 Å². The summed E-state index contributed by atoms with van der Waals surface area (Å²) in [5.74, 6) is -0.499. The average Bonchev–Trinajstić information content (AvgIpc) is 3.23. The average molecular weight is 423 g/mol. The maximum absolute atomic E-state index is 13.1. The van der Waals surface area contributed by atoms with Crippen LogP contribution in [0, 0.1) is 19.8 Å². The van der Waals surface area contributed by atoms with E-state index >= 15 is 0 Å². The van der Waals surface area contributed by atoms with Gasteiger partial charge in [0.2, 0.25) is 15.9 Å². The van der Waals surface area contributed by atoms with Gasteiger partial charge in [0.25, 0.3) is 0 Å². The second-order valence-corrected chi connectivity index (χ2v) is 9.62. The van der Waals surface area contributed by atoms with Gasteiger partial charge in [-0.3, -0.25) is 14.2 Å². The summed E-state index contributed by atoms with van der Waals surface area (Å²) in [5.41, 5.74) is 2.32. The predicted molar refractivity (Wildman–Crippen MR) is 109 cm³/mol. The number of hydrogen-bond donors (Lipinski definition) is 1. The van der Waals surface area contributed by atoms with Crippen molar-refractivity contribution < 1.29 is 13.2 Å². The summed E-state index contributed by atoms with van der Waals surface area (Å²) in [6.07, 6.45) is 4.79. The summed E-state index contributed by atoms with van der Waals surface area (Å²) < 4.78 is 31.0. The SMILES string of the molecule is CCn1cc(S(=O)(=O)N2CCC[C@@H](C(=O)N[C@H](C)c3cn(C)nc3C)C2)c(C)n1. The van der Waals surface area contributed by atoms with E-state index in [4.69, 9.17) is 0 Å². The molecule has 0 aliphatic carbocycles. The lowest BCUT2D eigenvalue weighted by Crippen LogP contribution is -2.45. The van der Waals surface area contributed by atoms with Crippen LogP contribution in [-0.4, -0.2) is 51.3 Å². The third-order valence-corrected chi connectivity index (χ3v) is 7.44. The fraction of sp³-hybridized carbons (Fsp3) is 0.632. The molecule has 1 saturated heterocycles. The van der Waals surface area contributed by atoms with Gasteiger partial charge in [0.15, 0.2) is 0 Å². The Bertz CT molecular complexity index is 994. The normalized spacial score (nSPS) is 19.3. The highest BCUT2D eigenvalue weighted by molar-refractivity contribution is 7.89. The lowest BCUT2D eigenvalue weighted by Gasteiger charge is -2.31. The predicted octanol–water partition coefficient (Wildman–Crippen LogP) is 1.53. The van der Waals surface area contributed by atoms with Gasteiger partial charge in [-0.1, -0.05) is 0 Å². The van der Waals surface area contributed by atoms with Crippen LogP contribution < -0.4 is 5.32 Å². The highest BCUT2D eigenvalue weighted by Crippen LogP contribution is 2.26. The number of nitrogens with one attached hydrogen (secondary N) is 1. The lowest BCUT2D eigenvalue weighted by atomic mass is 9.98. The highest BCUT2D eigenvalue weighted by atomic mass is 32.2. The molecular formula is C19H30N6O3S. The van der Waals surface area contributed by atoms with E-state index in [0.717, 1.165) is 11.3 Å². The van der Waals surface area contributed by atoms with E-state index in [9.17, 15) is 13.2 Å². The van der Waals surface area contributed by atoms with Gasteiger partial charge in [-0.25, -0.2) is 8.42 Å². The molecule has 10 heteroatoms. The standard InChI is InChI=1S/C19H30N6O3S/c1-6-24-12-18(15(4)22-24)29(27,28)25-9-7-8-16(10-25)19(26)20-13(2)17-11-23(5)21-14(17)3/h11-13,16H,6-10H2,1-5H3,(H,20,26)/t13-,16-/m1/s1. The maximum Gasteiger partial charge on any atom is 0.246 e. The minimum Gasteiger partial charge on any atom is -0.349 e. The van der Waals surface area contributed by atoms with Gasteiger partial charge in [-0.2, -0.15) is 14.5 Å². The molecule has 0 unspecified atom stereocenters. The first kappa shape index (κ1) is 21.5. The third kappa shape index (κ3) is 4.37. The Morgan fingerprint density at radius 2 is 2.00 bits per heavy atom. The zero-order valence-corrected chi connectivity index (χ0v) is 18.5. The molecule has 1 aliphatic rings. The molecule has 160 valence electrons. The van der Waals surface area contributed by atoms with Gasteiger partial charge in [0.05, 0.1) is 23.3 Å². The van der Waals surface area contributed by atoms with E-state index < -0.39 is 10.0 Å². The minimum atomic E-state index is -3.68. The first-order valence-corrected chi connectivity index (χ1v) is 11.4. The van der Waals surface area contributed by atoms with Crippen molar-refractivity contribution in [2.45, 2.75) is 58.0 Å². The molecule has 0 bridgehead atoms. The van der Waals surface area contributed by atoms with Crippen LogP contribution in [0.2, 0.25) is 0 Å². The van der Waals surface area contributed by atoms with E-state index in [2.05, 4.69) is 15.5 Å². The molecule has 1 amide bonds. The Morgan fingerprint density at radius 3 is 2.59 bits per heavy atom. The monoisotopic (exact) mass is 422 g/mol. The van der Waals surface area contributed by atoms with Gasteiger partial charge in [-0.05, 0) is 40.5 Å². The summed E-state index contributed by atoms with van der Waals surface area (Å²) in [5, 5.41) is 11.6. The Morgan fingerprint density at radius 1 is 1.28 bits per heavy atom. The topological polar surface area (TPSA) is 102 Å². The number of sulfonamides is 1. The largest absolute Gasteiger partial charge is 0.349 e. The van der Waals surface area contributed by atoms with Crippen LogP contribution in [0.4, 0.5) is 0 Å². The van der Waals surface area contributed by atoms with Gasteiger partial charge in [0.1, 0.15) is 4.90 Å². The van der Waals surface area contributed by atoms with Gasteiger partial charge in [-0.15, -0.1) is 0 Å². The summed E-state index contributed by atoms with van der Waals surface area (Å²) in [6, 6.07) is -0.187. The molecule has 1 fully saturated rings. The van der Waals surface area contributed by atoms with Crippen LogP contribution >= 0.6 is 0 Å². The van der Waals surface area contributed by atoms with Crippen molar-refractivity contribution in [2.75, 3.05) is 13.1 Å². The molecule has 3 rings (SSSR count). The Kier molecular flexibility index (Phi) is 6.13. The fourth-order valence-electron chi connectivity index (χ4n) is 3.88. The lowest BCUT2D eigenvalue weighted by molar-refractivity contribution is -0.126. The quantitative estimate of drug-likeness (QED) is 0.761. The Labute approximate surface area is 172 Å². The van der Waals surface area contributed by atoms with Crippen molar-refractivity contribution in [3.63, 3.8) is 0 Å². The van der Waals surface area contributed by atoms with Gasteiger partial charge in [0, 0.05) is 44.6 Å². The molecule has 9 nitrogen and oxygen atoms in total. The molecular weight excluding hydrogens is 392 g/mol. The molecule has 0 saturated carbocycles. The van der Waals surface area contributed by atoms with Crippen LogP contribution in [0.15, 0.2) is 17.3 Å². The van der Waals surface area contributed by atoms with Gasteiger partial charge < -0.3 is 5.32 Å². The van der Waals surface area contributed by atoms with Crippen molar-refractivity contribution in [2.24, 2.45) is 13.0 Å². The van der Waals surface area contributed by atoms with E-state index in [0.29, 0.717) is 31.6 Å². The molecule has 2 aromatic heterocycles. The zero-order valence-electron chi connectivity index (χ0n) is 17.7. The van der Waals surface area contributed by atoms with E-state index in [-0.39, 0.29) is 29.3 Å². The summed E-state index contributed by atoms with van der Waals surface area (Å²) in [7, 11) is -1.83. The molecule has 0 spiro atoms. The van der Waals surface area contributed by atoms with Crippen molar-refractivity contribution >= 4 is 15.9 Å². The summed E-state index contributed by atoms with van der Waals surface area (Å²) >= 11 is 0. The number of nitrogens with zero attached hydrogens (tertiary/aromatic N) is 5. The number of carbonyl (C=O) groups is 1. The molecule has 1 N–H and O–H groups in total. The highest BCUT2D eigenvalue weighted by Gasteiger charge is 2.35. The third-order valence-electron chi connectivity index (χ3n) is 5.47. The number of aromatic nitrogens is 4. The number of aryl methyl sites for hydroxylation is 4. The zero-order chi connectivity index (χ0) is 21.3. The molecule has 2 atom stereocenters. The van der Waals surface area contributed by atoms with Crippen molar-refractivity contribution in [1.29, 1.82) is 0 Å².